The molecule has 0 aliphatic heterocycles. The normalized spacial score (nSPS) is 12.1. The standard InChI is InChI=1S/C10H11NO3/c1-6(5-12)8-2-7(4-11)9(13)3-10(8)14/h2-3,6,12-14H,5H2,1H3. The Bertz CT molecular complexity index is 382. The van der Waals surface area contributed by atoms with Crippen LogP contribution in [0.4, 0.5) is 0 Å². The summed E-state index contributed by atoms with van der Waals surface area (Å²) in [5.74, 6) is -0.621. The lowest BCUT2D eigenvalue weighted by Crippen LogP contribution is -1.99. The van der Waals surface area contributed by atoms with Gasteiger partial charge in [0.15, 0.2) is 0 Å². The summed E-state index contributed by atoms with van der Waals surface area (Å²) in [5.41, 5.74) is 0.556. The molecule has 0 aliphatic rings. The Morgan fingerprint density at radius 1 is 1.36 bits per heavy atom. The first-order valence-electron chi connectivity index (χ1n) is 4.17. The Morgan fingerprint density at radius 2 is 2.00 bits per heavy atom. The summed E-state index contributed by atoms with van der Waals surface area (Å²) in [6, 6.07) is 4.29. The number of hydrogen-bond donors (Lipinski definition) is 3. The highest BCUT2D eigenvalue weighted by molar-refractivity contribution is 5.51. The molecule has 14 heavy (non-hydrogen) atoms. The van der Waals surface area contributed by atoms with E-state index in [1.165, 1.54) is 6.07 Å². The number of phenolic OH excluding ortho intramolecular Hbond substituents is 2. The van der Waals surface area contributed by atoms with Gasteiger partial charge in [0.1, 0.15) is 17.6 Å². The molecule has 0 amide bonds. The third kappa shape index (κ3) is 1.78. The lowest BCUT2D eigenvalue weighted by molar-refractivity contribution is 0.270. The summed E-state index contributed by atoms with van der Waals surface area (Å²) in [4.78, 5) is 0. The largest absolute Gasteiger partial charge is 0.508 e. The van der Waals surface area contributed by atoms with E-state index >= 15 is 0 Å². The Labute approximate surface area is 81.7 Å². The summed E-state index contributed by atoms with van der Waals surface area (Å²) in [5, 5.41) is 36.2. The number of phenols is 2. The predicted molar refractivity (Wildman–Crippen MR) is 50.0 cm³/mol. The van der Waals surface area contributed by atoms with Crippen LogP contribution in [0.3, 0.4) is 0 Å². The van der Waals surface area contributed by atoms with E-state index in [2.05, 4.69) is 0 Å². The quantitative estimate of drug-likeness (QED) is 0.655. The van der Waals surface area contributed by atoms with Crippen LogP contribution in [0, 0.1) is 11.3 Å². The molecule has 4 heteroatoms. The third-order valence-corrected chi connectivity index (χ3v) is 2.07. The molecule has 0 bridgehead atoms. The molecule has 0 aromatic heterocycles. The first-order valence-corrected chi connectivity index (χ1v) is 4.17. The van der Waals surface area contributed by atoms with Gasteiger partial charge < -0.3 is 15.3 Å². The maximum atomic E-state index is 9.43. The lowest BCUT2D eigenvalue weighted by atomic mass is 9.98. The van der Waals surface area contributed by atoms with Gasteiger partial charge in [-0.15, -0.1) is 0 Å². The molecule has 1 aromatic carbocycles. The van der Waals surface area contributed by atoms with Crippen molar-refractivity contribution in [1.82, 2.24) is 0 Å². The first-order chi connectivity index (χ1) is 6.60. The second-order valence-electron chi connectivity index (χ2n) is 3.12. The molecule has 74 valence electrons. The van der Waals surface area contributed by atoms with E-state index in [-0.39, 0.29) is 29.6 Å². The van der Waals surface area contributed by atoms with Crippen LogP contribution < -0.4 is 0 Å². The molecule has 0 heterocycles. The van der Waals surface area contributed by atoms with E-state index < -0.39 is 0 Å². The van der Waals surface area contributed by atoms with Crippen LogP contribution in [0.5, 0.6) is 11.5 Å². The summed E-state index contributed by atoms with van der Waals surface area (Å²) in [7, 11) is 0. The van der Waals surface area contributed by atoms with Crippen LogP contribution in [0.1, 0.15) is 24.0 Å². The van der Waals surface area contributed by atoms with Crippen molar-refractivity contribution < 1.29 is 15.3 Å². The Kier molecular flexibility index (Phi) is 2.95. The number of nitriles is 1. The summed E-state index contributed by atoms with van der Waals surface area (Å²) in [6.07, 6.45) is 0. The molecule has 0 spiro atoms. The number of nitrogens with zero attached hydrogens (tertiary/aromatic N) is 1. The van der Waals surface area contributed by atoms with Crippen LogP contribution in [-0.2, 0) is 0 Å². The molecule has 4 nitrogen and oxygen atoms in total. The van der Waals surface area contributed by atoms with Crippen LogP contribution in [0.15, 0.2) is 12.1 Å². The predicted octanol–water partition coefficient (Wildman–Crippen LogP) is 1.07. The molecule has 1 atom stereocenters. The molecular formula is C10H11NO3. The van der Waals surface area contributed by atoms with Gasteiger partial charge in [0.05, 0.1) is 5.56 Å². The van der Waals surface area contributed by atoms with Gasteiger partial charge in [-0.3, -0.25) is 0 Å². The minimum Gasteiger partial charge on any atom is -0.508 e. The number of rotatable bonds is 2. The number of hydrogen-bond acceptors (Lipinski definition) is 4. The third-order valence-electron chi connectivity index (χ3n) is 2.07. The van der Waals surface area contributed by atoms with E-state index in [0.717, 1.165) is 6.07 Å². The van der Waals surface area contributed by atoms with Crippen LogP contribution in [0.2, 0.25) is 0 Å². The molecule has 3 N–H and O–H groups in total. The molecular weight excluding hydrogens is 182 g/mol. The average Bonchev–Trinajstić information content (AvgIpc) is 2.17. The van der Waals surface area contributed by atoms with Crippen LogP contribution in [-0.4, -0.2) is 21.9 Å². The van der Waals surface area contributed by atoms with Crippen molar-refractivity contribution in [3.05, 3.63) is 23.3 Å². The number of aliphatic hydroxyl groups is 1. The van der Waals surface area contributed by atoms with Gasteiger partial charge in [0.2, 0.25) is 0 Å². The smallest absolute Gasteiger partial charge is 0.137 e. The Morgan fingerprint density at radius 3 is 2.50 bits per heavy atom. The minimum absolute atomic E-state index is 0.0955. The number of benzene rings is 1. The van der Waals surface area contributed by atoms with Gasteiger partial charge in [-0.05, 0) is 6.07 Å². The summed E-state index contributed by atoms with van der Waals surface area (Å²) < 4.78 is 0. The summed E-state index contributed by atoms with van der Waals surface area (Å²) >= 11 is 0. The topological polar surface area (TPSA) is 84.5 Å². The molecule has 1 aromatic rings. The average molecular weight is 193 g/mol. The van der Waals surface area contributed by atoms with Gasteiger partial charge in [-0.1, -0.05) is 6.92 Å². The second kappa shape index (κ2) is 3.99. The van der Waals surface area contributed by atoms with Crippen molar-refractivity contribution in [3.63, 3.8) is 0 Å². The minimum atomic E-state index is -0.261. The highest BCUT2D eigenvalue weighted by Gasteiger charge is 2.13. The highest BCUT2D eigenvalue weighted by Crippen LogP contribution is 2.31. The maximum absolute atomic E-state index is 9.43. The van der Waals surface area contributed by atoms with Gasteiger partial charge in [0, 0.05) is 24.2 Å². The number of aromatic hydroxyl groups is 2. The van der Waals surface area contributed by atoms with E-state index in [0.29, 0.717) is 5.56 Å². The van der Waals surface area contributed by atoms with Crippen molar-refractivity contribution >= 4 is 0 Å². The summed E-state index contributed by atoms with van der Waals surface area (Å²) in [6.45, 7) is 1.59. The van der Waals surface area contributed by atoms with E-state index in [4.69, 9.17) is 10.4 Å². The second-order valence-corrected chi connectivity index (χ2v) is 3.12. The zero-order valence-electron chi connectivity index (χ0n) is 7.73. The van der Waals surface area contributed by atoms with E-state index in [1.807, 2.05) is 0 Å². The van der Waals surface area contributed by atoms with Crippen molar-refractivity contribution in [1.29, 1.82) is 5.26 Å². The maximum Gasteiger partial charge on any atom is 0.137 e. The van der Waals surface area contributed by atoms with Gasteiger partial charge >= 0.3 is 0 Å². The van der Waals surface area contributed by atoms with Crippen LogP contribution in [0.25, 0.3) is 0 Å². The zero-order chi connectivity index (χ0) is 10.7. The fraction of sp³-hybridized carbons (Fsp3) is 0.300. The Hall–Kier alpha value is -1.73. The van der Waals surface area contributed by atoms with Crippen molar-refractivity contribution in [2.75, 3.05) is 6.61 Å². The van der Waals surface area contributed by atoms with Crippen molar-refractivity contribution in [2.24, 2.45) is 0 Å². The van der Waals surface area contributed by atoms with E-state index in [9.17, 15) is 10.2 Å². The molecule has 0 saturated carbocycles. The van der Waals surface area contributed by atoms with E-state index in [1.54, 1.807) is 13.0 Å². The van der Waals surface area contributed by atoms with Gasteiger partial charge in [-0.25, -0.2) is 0 Å². The lowest BCUT2D eigenvalue weighted by Gasteiger charge is -2.11. The number of aliphatic hydroxyl groups excluding tert-OH is 1. The van der Waals surface area contributed by atoms with Crippen LogP contribution >= 0.6 is 0 Å². The highest BCUT2D eigenvalue weighted by atomic mass is 16.3. The molecule has 1 unspecified atom stereocenters. The Balaban J connectivity index is 3.26. The molecule has 0 fully saturated rings. The molecule has 0 saturated heterocycles. The first kappa shape index (κ1) is 10.4. The SMILES string of the molecule is CC(CO)c1cc(C#N)c(O)cc1O. The fourth-order valence-electron chi connectivity index (χ4n) is 1.18. The molecule has 0 aliphatic carbocycles. The van der Waals surface area contributed by atoms with Gasteiger partial charge in [-0.2, -0.15) is 5.26 Å². The monoisotopic (exact) mass is 193 g/mol. The molecule has 1 rings (SSSR count). The van der Waals surface area contributed by atoms with Gasteiger partial charge in [0.25, 0.3) is 0 Å². The fourth-order valence-corrected chi connectivity index (χ4v) is 1.18. The van der Waals surface area contributed by atoms with Crippen molar-refractivity contribution in [2.45, 2.75) is 12.8 Å². The molecule has 0 radical (unpaired) electrons. The van der Waals surface area contributed by atoms with Crippen molar-refractivity contribution in [3.8, 4) is 17.6 Å². The zero-order valence-corrected chi connectivity index (χ0v) is 7.73.